The van der Waals surface area contributed by atoms with Crippen LogP contribution in [0.4, 0.5) is 5.69 Å². The highest BCUT2D eigenvalue weighted by Crippen LogP contribution is 2.50. The lowest BCUT2D eigenvalue weighted by molar-refractivity contribution is -0.117. The molecule has 0 radical (unpaired) electrons. The molecule has 29 heavy (non-hydrogen) atoms. The largest absolute Gasteiger partial charge is 0.362 e. The fourth-order valence-electron chi connectivity index (χ4n) is 5.01. The summed E-state index contributed by atoms with van der Waals surface area (Å²) in [5.74, 6) is 0.00923. The maximum Gasteiger partial charge on any atom is 0.232 e. The molecule has 0 spiro atoms. The molecule has 1 aliphatic carbocycles. The minimum atomic E-state index is -0.174. The molecule has 1 amide bonds. The number of fused-ring (bicyclic) bond motifs is 2. The molecule has 0 saturated heterocycles. The van der Waals surface area contributed by atoms with E-state index in [0.717, 1.165) is 30.5 Å². The normalized spacial score (nSPS) is 19.7. The van der Waals surface area contributed by atoms with Crippen LogP contribution in [0.3, 0.4) is 0 Å². The number of aromatic amines is 1. The maximum absolute atomic E-state index is 13.1. The minimum absolute atomic E-state index is 0.0768. The Labute approximate surface area is 171 Å². The van der Waals surface area contributed by atoms with Crippen LogP contribution in [-0.2, 0) is 24.1 Å². The van der Waals surface area contributed by atoms with Crippen LogP contribution in [0, 0.1) is 0 Å². The zero-order chi connectivity index (χ0) is 20.0. The van der Waals surface area contributed by atoms with Gasteiger partial charge >= 0.3 is 0 Å². The molecule has 0 saturated carbocycles. The van der Waals surface area contributed by atoms with Gasteiger partial charge in [-0.15, -0.1) is 0 Å². The average Bonchev–Trinajstić information content (AvgIpc) is 3.40. The Hall–Kier alpha value is -3.07. The Kier molecular flexibility index (Phi) is 4.39. The number of allylic oxidation sites excluding steroid dienone is 1. The molecule has 0 bridgehead atoms. The van der Waals surface area contributed by atoms with Crippen molar-refractivity contribution in [1.29, 1.82) is 0 Å². The number of benzene rings is 2. The molecular weight excluding hydrogens is 356 g/mol. The van der Waals surface area contributed by atoms with Crippen LogP contribution in [-0.4, -0.2) is 10.9 Å². The second kappa shape index (κ2) is 7.07. The third-order valence-corrected chi connectivity index (χ3v) is 6.43. The number of para-hydroxylation sites is 1. The van der Waals surface area contributed by atoms with E-state index in [1.54, 1.807) is 0 Å². The molecule has 2 aliphatic rings. The van der Waals surface area contributed by atoms with Gasteiger partial charge in [-0.1, -0.05) is 68.0 Å². The predicted octanol–water partition coefficient (Wildman–Crippen LogP) is 5.60. The number of anilines is 1. The van der Waals surface area contributed by atoms with E-state index < -0.39 is 0 Å². The Bertz CT molecular complexity index is 1120. The zero-order valence-corrected chi connectivity index (χ0v) is 17.0. The summed E-state index contributed by atoms with van der Waals surface area (Å²) in [7, 11) is 0. The van der Waals surface area contributed by atoms with Gasteiger partial charge in [0.2, 0.25) is 5.91 Å². The standard InChI is InChI=1S/C26H26N2O/c1-3-16-14-19(4-2)27-23(16)15-18-13-17-9-5-6-10-20(17)24(18)25-21-11-7-8-12-22(21)28-26(25)29/h5-14,24-25,27H,3-4,15H2,1-2H3,(H,28,29). The molecule has 3 heteroatoms. The molecule has 3 nitrogen and oxygen atoms in total. The number of H-pyrrole nitrogens is 1. The van der Waals surface area contributed by atoms with Gasteiger partial charge in [-0.25, -0.2) is 0 Å². The monoisotopic (exact) mass is 382 g/mol. The van der Waals surface area contributed by atoms with E-state index in [4.69, 9.17) is 0 Å². The number of carbonyl (C=O) groups is 1. The fourth-order valence-corrected chi connectivity index (χ4v) is 5.01. The number of aryl methyl sites for hydroxylation is 2. The van der Waals surface area contributed by atoms with Gasteiger partial charge in [0.1, 0.15) is 0 Å². The molecule has 2 atom stereocenters. The summed E-state index contributed by atoms with van der Waals surface area (Å²) in [5.41, 5.74) is 9.85. The lowest BCUT2D eigenvalue weighted by atomic mass is 9.78. The van der Waals surface area contributed by atoms with E-state index in [1.165, 1.54) is 33.7 Å². The topological polar surface area (TPSA) is 44.9 Å². The zero-order valence-electron chi connectivity index (χ0n) is 17.0. The van der Waals surface area contributed by atoms with Crippen LogP contribution in [0.25, 0.3) is 6.08 Å². The van der Waals surface area contributed by atoms with Gasteiger partial charge in [0.25, 0.3) is 0 Å². The highest BCUT2D eigenvalue weighted by Gasteiger charge is 2.41. The van der Waals surface area contributed by atoms with Crippen LogP contribution < -0.4 is 5.32 Å². The average molecular weight is 383 g/mol. The molecule has 1 aromatic heterocycles. The molecule has 0 fully saturated rings. The number of rotatable bonds is 5. The molecular formula is C26H26N2O. The number of hydrogen-bond donors (Lipinski definition) is 2. The van der Waals surface area contributed by atoms with Crippen molar-refractivity contribution in [2.24, 2.45) is 0 Å². The van der Waals surface area contributed by atoms with Crippen molar-refractivity contribution < 1.29 is 4.79 Å². The quantitative estimate of drug-likeness (QED) is 0.593. The van der Waals surface area contributed by atoms with E-state index in [-0.39, 0.29) is 17.7 Å². The molecule has 2 heterocycles. The van der Waals surface area contributed by atoms with Crippen molar-refractivity contribution >= 4 is 17.7 Å². The van der Waals surface area contributed by atoms with Crippen molar-refractivity contribution in [3.63, 3.8) is 0 Å². The second-order valence-electron chi connectivity index (χ2n) is 8.06. The molecule has 2 N–H and O–H groups in total. The summed E-state index contributed by atoms with van der Waals surface area (Å²) in [5, 5.41) is 3.10. The van der Waals surface area contributed by atoms with Crippen molar-refractivity contribution in [1.82, 2.24) is 4.98 Å². The number of nitrogens with one attached hydrogen (secondary N) is 2. The number of amides is 1. The maximum atomic E-state index is 13.1. The van der Waals surface area contributed by atoms with Crippen molar-refractivity contribution in [3.05, 3.63) is 93.8 Å². The lowest BCUT2D eigenvalue weighted by Gasteiger charge is -2.23. The minimum Gasteiger partial charge on any atom is -0.362 e. The van der Waals surface area contributed by atoms with Crippen LogP contribution in [0.1, 0.15) is 59.3 Å². The SMILES string of the molecule is CCc1cc(CC)c(CC2=Cc3ccccc3C2C2C(=O)Nc3ccccc32)[nH]1. The van der Waals surface area contributed by atoms with E-state index in [9.17, 15) is 4.79 Å². The van der Waals surface area contributed by atoms with Gasteiger partial charge in [0.05, 0.1) is 5.92 Å². The first-order valence-electron chi connectivity index (χ1n) is 10.6. The van der Waals surface area contributed by atoms with E-state index in [2.05, 4.69) is 66.6 Å². The summed E-state index contributed by atoms with van der Waals surface area (Å²) >= 11 is 0. The Morgan fingerprint density at radius 2 is 1.66 bits per heavy atom. The molecule has 3 aromatic rings. The highest BCUT2D eigenvalue weighted by atomic mass is 16.2. The molecule has 2 unspecified atom stereocenters. The van der Waals surface area contributed by atoms with Gasteiger partial charge in [-0.3, -0.25) is 4.79 Å². The summed E-state index contributed by atoms with van der Waals surface area (Å²) in [6.07, 6.45) is 5.19. The second-order valence-corrected chi connectivity index (χ2v) is 8.06. The van der Waals surface area contributed by atoms with Crippen LogP contribution in [0.15, 0.2) is 60.2 Å². The van der Waals surface area contributed by atoms with E-state index in [0.29, 0.717) is 0 Å². The summed E-state index contributed by atoms with van der Waals surface area (Å²) < 4.78 is 0. The summed E-state index contributed by atoms with van der Waals surface area (Å²) in [4.78, 5) is 16.7. The van der Waals surface area contributed by atoms with Crippen LogP contribution >= 0.6 is 0 Å². The van der Waals surface area contributed by atoms with Crippen molar-refractivity contribution in [2.45, 2.75) is 44.9 Å². The highest BCUT2D eigenvalue weighted by molar-refractivity contribution is 6.04. The van der Waals surface area contributed by atoms with Gasteiger partial charge in [-0.2, -0.15) is 0 Å². The molecule has 5 rings (SSSR count). The van der Waals surface area contributed by atoms with Gasteiger partial charge in [0, 0.05) is 29.4 Å². The first-order valence-corrected chi connectivity index (χ1v) is 10.6. The fraction of sp³-hybridized carbons (Fsp3) is 0.269. The van der Waals surface area contributed by atoms with Crippen molar-refractivity contribution in [2.75, 3.05) is 5.32 Å². The first kappa shape index (κ1) is 18.0. The number of aromatic nitrogens is 1. The van der Waals surface area contributed by atoms with E-state index in [1.807, 2.05) is 18.2 Å². The lowest BCUT2D eigenvalue weighted by Crippen LogP contribution is -2.20. The van der Waals surface area contributed by atoms with E-state index >= 15 is 0 Å². The number of hydrogen-bond acceptors (Lipinski definition) is 1. The predicted molar refractivity (Wildman–Crippen MR) is 118 cm³/mol. The third kappa shape index (κ3) is 2.93. The van der Waals surface area contributed by atoms with Crippen molar-refractivity contribution in [3.8, 4) is 0 Å². The van der Waals surface area contributed by atoms with Crippen LogP contribution in [0.2, 0.25) is 0 Å². The number of carbonyl (C=O) groups excluding carboxylic acids is 1. The molecule has 146 valence electrons. The first-order chi connectivity index (χ1) is 14.2. The molecule has 1 aliphatic heterocycles. The van der Waals surface area contributed by atoms with Gasteiger partial charge in [-0.05, 0) is 47.2 Å². The Balaban J connectivity index is 1.58. The summed E-state index contributed by atoms with van der Waals surface area (Å²) in [6.45, 7) is 4.39. The van der Waals surface area contributed by atoms with Gasteiger partial charge in [0.15, 0.2) is 0 Å². The Morgan fingerprint density at radius 3 is 2.45 bits per heavy atom. The molecule has 2 aromatic carbocycles. The van der Waals surface area contributed by atoms with Gasteiger partial charge < -0.3 is 10.3 Å². The Morgan fingerprint density at radius 1 is 0.897 bits per heavy atom. The third-order valence-electron chi connectivity index (χ3n) is 6.43. The van der Waals surface area contributed by atoms with Crippen LogP contribution in [0.5, 0.6) is 0 Å². The smallest absolute Gasteiger partial charge is 0.232 e. The summed E-state index contributed by atoms with van der Waals surface area (Å²) in [6, 6.07) is 18.9.